The average Bonchev–Trinajstić information content (AvgIpc) is 3.53. The molecule has 252 valence electrons. The van der Waals surface area contributed by atoms with Crippen LogP contribution < -0.4 is 16.0 Å². The van der Waals surface area contributed by atoms with Gasteiger partial charge in [0.05, 0.1) is 5.69 Å². The number of aromatic nitrogens is 2. The number of piperazine rings is 1. The maximum Gasteiger partial charge on any atom is 0.270 e. The molecule has 4 atom stereocenters. The van der Waals surface area contributed by atoms with E-state index in [0.717, 1.165) is 32.2 Å². The highest BCUT2D eigenvalue weighted by Crippen LogP contribution is 2.32. The van der Waals surface area contributed by atoms with Crippen LogP contribution in [-0.2, 0) is 20.9 Å². The molecule has 1 aliphatic carbocycles. The predicted octanol–water partition coefficient (Wildman–Crippen LogP) is 3.77. The second-order valence-electron chi connectivity index (χ2n) is 13.0. The van der Waals surface area contributed by atoms with E-state index in [-0.39, 0.29) is 35.9 Å². The zero-order valence-corrected chi connectivity index (χ0v) is 28.0. The molecule has 0 spiro atoms. The van der Waals surface area contributed by atoms with E-state index in [1.54, 1.807) is 41.8 Å². The van der Waals surface area contributed by atoms with Crippen LogP contribution in [-0.4, -0.2) is 88.0 Å². The molecule has 2 aliphatic rings. The smallest absolute Gasteiger partial charge is 0.270 e. The van der Waals surface area contributed by atoms with Crippen molar-refractivity contribution in [1.29, 1.82) is 0 Å². The van der Waals surface area contributed by atoms with Crippen LogP contribution >= 0.6 is 0 Å². The number of rotatable bonds is 11. The number of hydrogen-bond donors (Lipinski definition) is 3. The standard InChI is InChI=1S/C34H50FN7O4/c1-7-29(43)38-30(34(46)41-18-17-40(6)22(4)20-41)23(5)25-13-14-27(26(35)19-25)37-33(45)31(24-11-9-21(3)10-12-24)39-32(44)28-15-16-36-42(28)8-2/h13-16,19,21-24,30-31H,7-12,17-18,20H2,1-6H3,(H,37,45)(H,38,43)(H,39,44)/t21?,22-,23+,24?,30-,31+/m1/s1. The van der Waals surface area contributed by atoms with Gasteiger partial charge >= 0.3 is 0 Å². The highest BCUT2D eigenvalue weighted by molar-refractivity contribution is 6.00. The molecule has 1 aromatic heterocycles. The van der Waals surface area contributed by atoms with E-state index in [9.17, 15) is 19.2 Å². The van der Waals surface area contributed by atoms with Gasteiger partial charge in [0.15, 0.2) is 0 Å². The number of nitrogens with one attached hydrogen (secondary N) is 3. The highest BCUT2D eigenvalue weighted by Gasteiger charge is 2.36. The molecule has 2 heterocycles. The average molecular weight is 640 g/mol. The van der Waals surface area contributed by atoms with Crippen LogP contribution in [0.4, 0.5) is 10.1 Å². The second-order valence-corrected chi connectivity index (χ2v) is 13.0. The van der Waals surface area contributed by atoms with E-state index in [0.29, 0.717) is 36.8 Å². The lowest BCUT2D eigenvalue weighted by molar-refractivity contribution is -0.139. The van der Waals surface area contributed by atoms with E-state index in [1.165, 1.54) is 12.1 Å². The Kier molecular flexibility index (Phi) is 11.9. The minimum absolute atomic E-state index is 0.0173. The third kappa shape index (κ3) is 8.31. The van der Waals surface area contributed by atoms with Crippen molar-refractivity contribution < 1.29 is 23.6 Å². The van der Waals surface area contributed by atoms with Crippen molar-refractivity contribution in [3.05, 3.63) is 47.5 Å². The number of amides is 4. The molecular formula is C34H50FN7O4. The third-order valence-corrected chi connectivity index (χ3v) is 9.80. The Labute approximate surface area is 271 Å². The number of nitrogens with zero attached hydrogens (tertiary/aromatic N) is 4. The summed E-state index contributed by atoms with van der Waals surface area (Å²) in [5.74, 6) is -2.08. The first-order valence-electron chi connectivity index (χ1n) is 16.6. The summed E-state index contributed by atoms with van der Waals surface area (Å²) in [6, 6.07) is 4.53. The summed E-state index contributed by atoms with van der Waals surface area (Å²) in [7, 11) is 2.02. The van der Waals surface area contributed by atoms with Gasteiger partial charge in [0, 0.05) is 50.8 Å². The van der Waals surface area contributed by atoms with Gasteiger partial charge < -0.3 is 25.8 Å². The molecule has 11 nitrogen and oxygen atoms in total. The molecule has 2 aromatic rings. The van der Waals surface area contributed by atoms with Gasteiger partial charge in [-0.15, -0.1) is 0 Å². The topological polar surface area (TPSA) is 129 Å². The van der Waals surface area contributed by atoms with E-state index < -0.39 is 35.6 Å². The Morgan fingerprint density at radius 2 is 1.74 bits per heavy atom. The molecule has 2 fully saturated rings. The van der Waals surface area contributed by atoms with Crippen molar-refractivity contribution in [2.45, 2.75) is 97.3 Å². The molecule has 1 saturated heterocycles. The summed E-state index contributed by atoms with van der Waals surface area (Å²) in [6.07, 6.45) is 5.20. The normalized spacial score (nSPS) is 22.4. The molecule has 1 aromatic carbocycles. The van der Waals surface area contributed by atoms with Crippen molar-refractivity contribution in [2.24, 2.45) is 11.8 Å². The molecule has 12 heteroatoms. The first-order valence-corrected chi connectivity index (χ1v) is 16.6. The number of benzene rings is 1. The first-order chi connectivity index (χ1) is 21.9. The van der Waals surface area contributed by atoms with Crippen LogP contribution in [0.15, 0.2) is 30.5 Å². The molecule has 0 unspecified atom stereocenters. The minimum atomic E-state index is -0.868. The molecule has 0 bridgehead atoms. The molecule has 1 aliphatic heterocycles. The number of anilines is 1. The summed E-state index contributed by atoms with van der Waals surface area (Å²) < 4.78 is 17.2. The van der Waals surface area contributed by atoms with Gasteiger partial charge in [0.25, 0.3) is 5.91 Å². The van der Waals surface area contributed by atoms with Crippen LogP contribution in [0.25, 0.3) is 0 Å². The number of carbonyl (C=O) groups excluding carboxylic acids is 4. The largest absolute Gasteiger partial charge is 0.344 e. The summed E-state index contributed by atoms with van der Waals surface area (Å²) >= 11 is 0. The summed E-state index contributed by atoms with van der Waals surface area (Å²) in [4.78, 5) is 57.0. The van der Waals surface area contributed by atoms with Crippen molar-refractivity contribution in [3.8, 4) is 0 Å². The molecule has 1 saturated carbocycles. The monoisotopic (exact) mass is 639 g/mol. The molecule has 4 amide bonds. The molecule has 3 N–H and O–H groups in total. The summed E-state index contributed by atoms with van der Waals surface area (Å²) in [5, 5.41) is 12.7. The minimum Gasteiger partial charge on any atom is -0.344 e. The van der Waals surface area contributed by atoms with Gasteiger partial charge in [0.2, 0.25) is 17.7 Å². The summed E-state index contributed by atoms with van der Waals surface area (Å²) in [6.45, 7) is 11.9. The van der Waals surface area contributed by atoms with Gasteiger partial charge in [-0.3, -0.25) is 23.9 Å². The summed E-state index contributed by atoms with van der Waals surface area (Å²) in [5.41, 5.74) is 0.863. The fraction of sp³-hybridized carbons (Fsp3) is 0.618. The van der Waals surface area contributed by atoms with Crippen LogP contribution in [0.2, 0.25) is 0 Å². The van der Waals surface area contributed by atoms with Crippen LogP contribution in [0.3, 0.4) is 0 Å². The molecule has 46 heavy (non-hydrogen) atoms. The van der Waals surface area contributed by atoms with Gasteiger partial charge in [0.1, 0.15) is 23.6 Å². The maximum absolute atomic E-state index is 15.7. The number of aryl methyl sites for hydroxylation is 1. The van der Waals surface area contributed by atoms with Crippen molar-refractivity contribution in [2.75, 3.05) is 32.0 Å². The molecule has 4 rings (SSSR count). The van der Waals surface area contributed by atoms with Gasteiger partial charge in [-0.05, 0) is 69.3 Å². The zero-order chi connectivity index (χ0) is 33.5. The van der Waals surface area contributed by atoms with Crippen molar-refractivity contribution in [1.82, 2.24) is 30.2 Å². The fourth-order valence-corrected chi connectivity index (χ4v) is 6.45. The highest BCUT2D eigenvalue weighted by atomic mass is 19.1. The lowest BCUT2D eigenvalue weighted by atomic mass is 9.79. The number of halogens is 1. The van der Waals surface area contributed by atoms with Gasteiger partial charge in [-0.25, -0.2) is 4.39 Å². The molecule has 0 radical (unpaired) electrons. The maximum atomic E-state index is 15.7. The Balaban J connectivity index is 1.52. The zero-order valence-electron chi connectivity index (χ0n) is 28.0. The first kappa shape index (κ1) is 35.1. The lowest BCUT2D eigenvalue weighted by Gasteiger charge is -2.40. The van der Waals surface area contributed by atoms with E-state index in [2.05, 4.69) is 39.8 Å². The SMILES string of the molecule is CCC(=O)N[C@@H](C(=O)N1CCN(C)[C@H](C)C1)[C@@H](C)c1ccc(NC(=O)[C@@H](NC(=O)c2ccnn2CC)C2CCC(C)CC2)c(F)c1. The number of likely N-dealkylation sites (N-methyl/N-ethyl adjacent to an activating group) is 1. The van der Waals surface area contributed by atoms with Crippen molar-refractivity contribution >= 4 is 29.3 Å². The van der Waals surface area contributed by atoms with Crippen LogP contribution in [0.1, 0.15) is 88.7 Å². The van der Waals surface area contributed by atoms with Crippen LogP contribution in [0.5, 0.6) is 0 Å². The Hall–Kier alpha value is -3.80. The quantitative estimate of drug-likeness (QED) is 0.344. The van der Waals surface area contributed by atoms with Crippen LogP contribution in [0, 0.1) is 17.7 Å². The number of carbonyl (C=O) groups is 4. The second kappa shape index (κ2) is 15.7. The van der Waals surface area contributed by atoms with E-state index >= 15 is 4.39 Å². The third-order valence-electron chi connectivity index (χ3n) is 9.80. The predicted molar refractivity (Wildman–Crippen MR) is 175 cm³/mol. The lowest BCUT2D eigenvalue weighted by Crippen LogP contribution is -2.58. The Morgan fingerprint density at radius 3 is 2.37 bits per heavy atom. The Morgan fingerprint density at radius 1 is 1.02 bits per heavy atom. The fourth-order valence-electron chi connectivity index (χ4n) is 6.45. The van der Waals surface area contributed by atoms with Gasteiger partial charge in [-0.2, -0.15) is 5.10 Å². The molecular weight excluding hydrogens is 589 g/mol. The van der Waals surface area contributed by atoms with Gasteiger partial charge in [-0.1, -0.05) is 39.7 Å². The Bertz CT molecular complexity index is 1390. The van der Waals surface area contributed by atoms with Crippen molar-refractivity contribution in [3.63, 3.8) is 0 Å². The number of hydrogen-bond acceptors (Lipinski definition) is 6. The van der Waals surface area contributed by atoms with E-state index in [4.69, 9.17) is 0 Å². The van der Waals surface area contributed by atoms with E-state index in [1.807, 2.05) is 14.0 Å².